The SMILES string of the molecule is Cc1cc(Nc2ncnc3cc(O[C@H]4CCOC4)c(CC(=O)/C=C/CN4C[C@@H]5OCCO[C@@H]5C4)cc23)ccc1F. The van der Waals surface area contributed by atoms with Gasteiger partial charge in [0, 0.05) is 55.2 Å². The molecule has 2 aromatic carbocycles. The van der Waals surface area contributed by atoms with Gasteiger partial charge in [-0.15, -0.1) is 0 Å². The lowest BCUT2D eigenvalue weighted by Gasteiger charge is -2.24. The Morgan fingerprint density at radius 3 is 2.73 bits per heavy atom. The second-order valence-electron chi connectivity index (χ2n) is 10.5. The lowest BCUT2D eigenvalue weighted by Crippen LogP contribution is -2.36. The molecule has 3 atom stereocenters. The van der Waals surface area contributed by atoms with Crippen molar-refractivity contribution < 1.29 is 28.1 Å². The van der Waals surface area contributed by atoms with Crippen molar-refractivity contribution in [1.29, 1.82) is 0 Å². The number of aromatic nitrogens is 2. The zero-order chi connectivity index (χ0) is 27.5. The Hall–Kier alpha value is -3.44. The van der Waals surface area contributed by atoms with E-state index in [9.17, 15) is 9.18 Å². The molecule has 210 valence electrons. The molecule has 3 aliphatic heterocycles. The first-order valence-corrected chi connectivity index (χ1v) is 13.7. The van der Waals surface area contributed by atoms with Gasteiger partial charge >= 0.3 is 0 Å². The van der Waals surface area contributed by atoms with Gasteiger partial charge in [-0.05, 0) is 42.8 Å². The van der Waals surface area contributed by atoms with Gasteiger partial charge in [-0.3, -0.25) is 9.69 Å². The number of carbonyl (C=O) groups excluding carboxylic acids is 1. The van der Waals surface area contributed by atoms with E-state index in [2.05, 4.69) is 20.2 Å². The van der Waals surface area contributed by atoms with E-state index in [4.69, 9.17) is 18.9 Å². The van der Waals surface area contributed by atoms with Crippen molar-refractivity contribution in [2.24, 2.45) is 0 Å². The maximum absolute atomic E-state index is 13.8. The first-order chi connectivity index (χ1) is 19.5. The van der Waals surface area contributed by atoms with Crippen LogP contribution in [0.5, 0.6) is 5.75 Å². The number of allylic oxidation sites excluding steroid dienone is 1. The molecular formula is C30H33FN4O5. The number of carbonyl (C=O) groups is 1. The van der Waals surface area contributed by atoms with Crippen molar-refractivity contribution >= 4 is 28.2 Å². The summed E-state index contributed by atoms with van der Waals surface area (Å²) >= 11 is 0. The number of fused-ring (bicyclic) bond motifs is 2. The highest BCUT2D eigenvalue weighted by Gasteiger charge is 2.35. The first kappa shape index (κ1) is 26.8. The molecule has 6 rings (SSSR count). The Morgan fingerprint density at radius 1 is 1.15 bits per heavy atom. The van der Waals surface area contributed by atoms with Crippen LogP contribution in [0.15, 0.2) is 48.8 Å². The fourth-order valence-electron chi connectivity index (χ4n) is 5.39. The summed E-state index contributed by atoms with van der Waals surface area (Å²) in [6.45, 7) is 6.41. The molecule has 3 fully saturated rings. The highest BCUT2D eigenvalue weighted by Crippen LogP contribution is 2.32. The molecule has 9 nitrogen and oxygen atoms in total. The fourth-order valence-corrected chi connectivity index (χ4v) is 5.39. The number of anilines is 2. The van der Waals surface area contributed by atoms with Gasteiger partial charge in [0.1, 0.15) is 29.8 Å². The highest BCUT2D eigenvalue weighted by molar-refractivity contribution is 5.96. The van der Waals surface area contributed by atoms with Gasteiger partial charge in [-0.2, -0.15) is 0 Å². The predicted molar refractivity (Wildman–Crippen MR) is 148 cm³/mol. The van der Waals surface area contributed by atoms with E-state index in [-0.39, 0.29) is 36.3 Å². The van der Waals surface area contributed by atoms with Gasteiger partial charge in [0.2, 0.25) is 0 Å². The van der Waals surface area contributed by atoms with Crippen molar-refractivity contribution in [3.05, 3.63) is 65.8 Å². The molecule has 3 aliphatic rings. The molecule has 1 N–H and O–H groups in total. The third-order valence-corrected chi connectivity index (χ3v) is 7.49. The van der Waals surface area contributed by atoms with Crippen molar-refractivity contribution in [3.8, 4) is 5.75 Å². The van der Waals surface area contributed by atoms with Crippen LogP contribution in [-0.4, -0.2) is 85.0 Å². The maximum Gasteiger partial charge on any atom is 0.159 e. The number of hydrogen-bond donors (Lipinski definition) is 1. The molecule has 4 heterocycles. The third-order valence-electron chi connectivity index (χ3n) is 7.49. The molecule has 0 radical (unpaired) electrons. The van der Waals surface area contributed by atoms with Crippen molar-refractivity contribution in [2.75, 3.05) is 51.4 Å². The first-order valence-electron chi connectivity index (χ1n) is 13.7. The van der Waals surface area contributed by atoms with Crippen LogP contribution in [0.25, 0.3) is 10.9 Å². The van der Waals surface area contributed by atoms with Gasteiger partial charge in [-0.25, -0.2) is 14.4 Å². The van der Waals surface area contributed by atoms with Crippen molar-refractivity contribution in [2.45, 2.75) is 38.1 Å². The number of aryl methyl sites for hydroxylation is 1. The molecule has 0 bridgehead atoms. The van der Waals surface area contributed by atoms with Crippen LogP contribution in [-0.2, 0) is 25.4 Å². The average molecular weight is 549 g/mol. The molecule has 0 spiro atoms. The molecular weight excluding hydrogens is 515 g/mol. The Morgan fingerprint density at radius 2 is 1.98 bits per heavy atom. The van der Waals surface area contributed by atoms with Crippen LogP contribution < -0.4 is 10.1 Å². The molecule has 0 unspecified atom stereocenters. The summed E-state index contributed by atoms with van der Waals surface area (Å²) < 4.78 is 37.1. The Balaban J connectivity index is 1.21. The van der Waals surface area contributed by atoms with E-state index in [0.717, 1.165) is 30.5 Å². The van der Waals surface area contributed by atoms with E-state index in [1.165, 1.54) is 12.4 Å². The Kier molecular flexibility index (Phi) is 8.01. The summed E-state index contributed by atoms with van der Waals surface area (Å²) in [6, 6.07) is 8.57. The average Bonchev–Trinajstić information content (AvgIpc) is 3.61. The van der Waals surface area contributed by atoms with E-state index < -0.39 is 0 Å². The number of rotatable bonds is 9. The van der Waals surface area contributed by atoms with Gasteiger partial charge in [0.15, 0.2) is 5.78 Å². The minimum absolute atomic E-state index is 0.0310. The van der Waals surface area contributed by atoms with Crippen LogP contribution in [0.1, 0.15) is 17.5 Å². The minimum atomic E-state index is -0.269. The zero-order valence-electron chi connectivity index (χ0n) is 22.5. The van der Waals surface area contributed by atoms with Crippen LogP contribution in [0, 0.1) is 12.7 Å². The second-order valence-corrected chi connectivity index (χ2v) is 10.5. The van der Waals surface area contributed by atoms with E-state index >= 15 is 0 Å². The monoisotopic (exact) mass is 548 g/mol. The Bertz CT molecular complexity index is 1400. The van der Waals surface area contributed by atoms with Crippen molar-refractivity contribution in [3.63, 3.8) is 0 Å². The summed E-state index contributed by atoms with van der Waals surface area (Å²) in [5.41, 5.74) is 2.66. The standard InChI is InChI=1S/C30H33FN4O5/c1-19-11-21(4-5-25(19)31)34-30-24-13-20(27(14-26(24)32-18-33-30)40-23-6-8-37-17-23)12-22(36)3-2-7-35-15-28-29(16-35)39-10-9-38-28/h2-5,11,13-14,18,23,28-29H,6-10,12,15-17H2,1H3,(H,32,33,34)/b3-2+/t23-,28-,29+/m0/s1. The number of benzene rings is 2. The third kappa shape index (κ3) is 6.15. The van der Waals surface area contributed by atoms with E-state index in [0.29, 0.717) is 61.3 Å². The molecule has 0 amide bonds. The number of hydrogen-bond acceptors (Lipinski definition) is 9. The summed E-state index contributed by atoms with van der Waals surface area (Å²) in [7, 11) is 0. The Labute approximate surface area is 232 Å². The molecule has 0 saturated carbocycles. The second kappa shape index (κ2) is 12.0. The molecule has 40 heavy (non-hydrogen) atoms. The van der Waals surface area contributed by atoms with Gasteiger partial charge in [-0.1, -0.05) is 6.08 Å². The normalized spacial score (nSPS) is 23.1. The largest absolute Gasteiger partial charge is 0.488 e. The lowest BCUT2D eigenvalue weighted by molar-refractivity contribution is -0.116. The molecule has 3 saturated heterocycles. The van der Waals surface area contributed by atoms with Crippen LogP contribution in [0.4, 0.5) is 15.9 Å². The summed E-state index contributed by atoms with van der Waals surface area (Å²) in [5.74, 6) is 0.881. The number of halogens is 1. The quantitative estimate of drug-likeness (QED) is 0.401. The summed E-state index contributed by atoms with van der Waals surface area (Å²) in [6.07, 6.45) is 6.11. The van der Waals surface area contributed by atoms with Crippen molar-refractivity contribution in [1.82, 2.24) is 14.9 Å². The van der Waals surface area contributed by atoms with Gasteiger partial charge < -0.3 is 24.3 Å². The number of ether oxygens (including phenoxy) is 4. The summed E-state index contributed by atoms with van der Waals surface area (Å²) in [5, 5.41) is 4.01. The summed E-state index contributed by atoms with van der Waals surface area (Å²) in [4.78, 5) is 24.2. The minimum Gasteiger partial charge on any atom is -0.488 e. The fraction of sp³-hybridized carbons (Fsp3) is 0.433. The number of nitrogens with one attached hydrogen (secondary N) is 1. The van der Waals surface area contributed by atoms with Crippen LogP contribution in [0.2, 0.25) is 0 Å². The number of nitrogens with zero attached hydrogens (tertiary/aromatic N) is 3. The molecule has 10 heteroatoms. The van der Waals surface area contributed by atoms with Gasteiger partial charge in [0.05, 0.1) is 44.2 Å². The van der Waals surface area contributed by atoms with Gasteiger partial charge in [0.25, 0.3) is 0 Å². The molecule has 1 aromatic heterocycles. The molecule has 0 aliphatic carbocycles. The zero-order valence-corrected chi connectivity index (χ0v) is 22.5. The topological polar surface area (TPSA) is 95.0 Å². The maximum atomic E-state index is 13.8. The van der Waals surface area contributed by atoms with E-state index in [1.807, 2.05) is 18.2 Å². The smallest absolute Gasteiger partial charge is 0.159 e. The lowest BCUT2D eigenvalue weighted by atomic mass is 10.0. The molecule has 3 aromatic rings. The predicted octanol–water partition coefficient (Wildman–Crippen LogP) is 3.76. The number of likely N-dealkylation sites (tertiary alicyclic amines) is 1. The van der Waals surface area contributed by atoms with E-state index in [1.54, 1.807) is 25.1 Å². The number of ketones is 1. The van der Waals surface area contributed by atoms with Crippen LogP contribution >= 0.6 is 0 Å². The van der Waals surface area contributed by atoms with Crippen LogP contribution in [0.3, 0.4) is 0 Å². The highest BCUT2D eigenvalue weighted by atomic mass is 19.1.